The number of nitrogens with zero attached hydrogens (tertiary/aromatic N) is 4. The van der Waals surface area contributed by atoms with Gasteiger partial charge < -0.3 is 10.1 Å². The van der Waals surface area contributed by atoms with Gasteiger partial charge in [-0.1, -0.05) is 12.1 Å². The number of carbonyl (C=O) groups excluding carboxylic acids is 2. The zero-order valence-electron chi connectivity index (χ0n) is 13.7. The number of amides is 3. The lowest BCUT2D eigenvalue weighted by Gasteiger charge is -2.15. The van der Waals surface area contributed by atoms with E-state index in [4.69, 9.17) is 4.74 Å². The molecule has 3 amide bonds. The van der Waals surface area contributed by atoms with Crippen molar-refractivity contribution in [3.63, 3.8) is 0 Å². The van der Waals surface area contributed by atoms with Gasteiger partial charge in [0, 0.05) is 6.54 Å². The van der Waals surface area contributed by atoms with E-state index in [-0.39, 0.29) is 18.4 Å². The van der Waals surface area contributed by atoms with Crippen LogP contribution in [0, 0.1) is 6.92 Å². The molecule has 0 spiro atoms. The smallest absolute Gasteiger partial charge is 0.343 e. The van der Waals surface area contributed by atoms with E-state index in [0.717, 1.165) is 16.3 Å². The van der Waals surface area contributed by atoms with Crippen molar-refractivity contribution < 1.29 is 14.3 Å². The number of hydrogen-bond acceptors (Lipinski definition) is 8. The molecule has 10 nitrogen and oxygen atoms in total. The fourth-order valence-corrected chi connectivity index (χ4v) is 2.19. The second-order valence-electron chi connectivity index (χ2n) is 5.28. The summed E-state index contributed by atoms with van der Waals surface area (Å²) in [7, 11) is 1.61. The number of hydrazine groups is 1. The Morgan fingerprint density at radius 2 is 1.88 bits per heavy atom. The van der Waals surface area contributed by atoms with Crippen molar-refractivity contribution in [2.24, 2.45) is 0 Å². The number of rotatable bonds is 6. The van der Waals surface area contributed by atoms with Crippen molar-refractivity contribution in [2.75, 3.05) is 24.4 Å². The number of benzene rings is 1. The highest BCUT2D eigenvalue weighted by Gasteiger charge is 2.27. The van der Waals surface area contributed by atoms with Crippen molar-refractivity contribution in [1.29, 1.82) is 0 Å². The number of aryl methyl sites for hydroxylation is 1. The van der Waals surface area contributed by atoms with Crippen LogP contribution in [-0.2, 0) is 11.3 Å². The molecular formula is C15H17N7O3. The molecule has 2 heterocycles. The maximum atomic E-state index is 11.6. The molecule has 0 bridgehead atoms. The molecule has 1 aliphatic rings. The van der Waals surface area contributed by atoms with Crippen molar-refractivity contribution in [3.8, 4) is 5.75 Å². The standard InChI is InChI=1S/C15H17N7O3/c1-9-17-13(16-7-10-3-5-11(25-2)6-4-10)20-14(18-9)21-22-8-12(23)19-15(22)24/h3-6H,7-8H2,1-2H3,(H,19,23,24)(H2,16,17,18,20,21). The van der Waals surface area contributed by atoms with Crippen LogP contribution in [0.15, 0.2) is 24.3 Å². The molecule has 1 saturated heterocycles. The van der Waals surface area contributed by atoms with Crippen LogP contribution in [0.4, 0.5) is 16.7 Å². The van der Waals surface area contributed by atoms with Gasteiger partial charge in [-0.3, -0.25) is 15.5 Å². The Bertz CT molecular complexity index is 794. The number of hydrogen-bond donors (Lipinski definition) is 3. The maximum Gasteiger partial charge on any atom is 0.343 e. The van der Waals surface area contributed by atoms with Gasteiger partial charge in [0.05, 0.1) is 7.11 Å². The van der Waals surface area contributed by atoms with Crippen molar-refractivity contribution in [3.05, 3.63) is 35.7 Å². The molecule has 1 aromatic carbocycles. The minimum atomic E-state index is -0.546. The van der Waals surface area contributed by atoms with E-state index >= 15 is 0 Å². The van der Waals surface area contributed by atoms with E-state index in [2.05, 4.69) is 31.0 Å². The SMILES string of the molecule is COc1ccc(CNc2nc(C)nc(NN3CC(=O)NC3=O)n2)cc1. The van der Waals surface area contributed by atoms with Crippen LogP contribution in [0.25, 0.3) is 0 Å². The number of aromatic nitrogens is 3. The molecule has 10 heteroatoms. The Kier molecular flexibility index (Phi) is 4.59. The first kappa shape index (κ1) is 16.4. The normalized spacial score (nSPS) is 13.6. The summed E-state index contributed by atoms with van der Waals surface area (Å²) in [6.07, 6.45) is 0. The van der Waals surface area contributed by atoms with E-state index < -0.39 is 6.03 Å². The average molecular weight is 343 g/mol. The minimum absolute atomic E-state index is 0.0990. The van der Waals surface area contributed by atoms with Crippen LogP contribution < -0.4 is 20.8 Å². The van der Waals surface area contributed by atoms with Gasteiger partial charge in [-0.05, 0) is 24.6 Å². The monoisotopic (exact) mass is 343 g/mol. The largest absolute Gasteiger partial charge is 0.497 e. The van der Waals surface area contributed by atoms with Crippen LogP contribution >= 0.6 is 0 Å². The third-order valence-corrected chi connectivity index (χ3v) is 3.39. The summed E-state index contributed by atoms with van der Waals surface area (Å²) < 4.78 is 5.12. The summed E-state index contributed by atoms with van der Waals surface area (Å²) in [5, 5.41) is 6.36. The lowest BCUT2D eigenvalue weighted by atomic mass is 10.2. The molecule has 3 rings (SSSR count). The molecule has 3 N–H and O–H groups in total. The van der Waals surface area contributed by atoms with Crippen LogP contribution in [0.3, 0.4) is 0 Å². The Balaban J connectivity index is 1.66. The van der Waals surface area contributed by atoms with Gasteiger partial charge in [0.15, 0.2) is 0 Å². The minimum Gasteiger partial charge on any atom is -0.497 e. The molecular weight excluding hydrogens is 326 g/mol. The molecule has 1 aromatic heterocycles. The molecule has 0 aliphatic carbocycles. The van der Waals surface area contributed by atoms with E-state index in [0.29, 0.717) is 18.3 Å². The molecule has 0 radical (unpaired) electrons. The third-order valence-electron chi connectivity index (χ3n) is 3.39. The second-order valence-corrected chi connectivity index (χ2v) is 5.28. The maximum absolute atomic E-state index is 11.6. The van der Waals surface area contributed by atoms with Crippen molar-refractivity contribution in [2.45, 2.75) is 13.5 Å². The molecule has 1 aliphatic heterocycles. The van der Waals surface area contributed by atoms with Gasteiger partial charge >= 0.3 is 6.03 Å². The Hall–Kier alpha value is -3.43. The molecule has 25 heavy (non-hydrogen) atoms. The predicted octanol–water partition coefficient (Wildman–Crippen LogP) is 0.679. The van der Waals surface area contributed by atoms with E-state index in [9.17, 15) is 9.59 Å². The highest BCUT2D eigenvalue weighted by Crippen LogP contribution is 2.13. The van der Waals surface area contributed by atoms with E-state index in [1.165, 1.54) is 0 Å². The number of carbonyl (C=O) groups is 2. The highest BCUT2D eigenvalue weighted by molar-refractivity contribution is 6.02. The number of imide groups is 1. The molecule has 130 valence electrons. The first-order chi connectivity index (χ1) is 12.0. The Labute approximate surface area is 143 Å². The van der Waals surface area contributed by atoms with Gasteiger partial charge in [-0.25, -0.2) is 9.80 Å². The predicted molar refractivity (Wildman–Crippen MR) is 88.8 cm³/mol. The summed E-state index contributed by atoms with van der Waals surface area (Å²) >= 11 is 0. The number of ether oxygens (including phenoxy) is 1. The third kappa shape index (κ3) is 4.10. The molecule has 0 unspecified atom stereocenters. The highest BCUT2D eigenvalue weighted by atomic mass is 16.5. The summed E-state index contributed by atoms with van der Waals surface area (Å²) in [6, 6.07) is 7.05. The summed E-state index contributed by atoms with van der Waals surface area (Å²) in [5.74, 6) is 1.40. The topological polar surface area (TPSA) is 121 Å². The summed E-state index contributed by atoms with van der Waals surface area (Å²) in [5.41, 5.74) is 3.72. The summed E-state index contributed by atoms with van der Waals surface area (Å²) in [4.78, 5) is 35.3. The Morgan fingerprint density at radius 1 is 1.16 bits per heavy atom. The molecule has 2 aromatic rings. The van der Waals surface area contributed by atoms with Crippen molar-refractivity contribution in [1.82, 2.24) is 25.3 Å². The van der Waals surface area contributed by atoms with E-state index in [1.807, 2.05) is 24.3 Å². The van der Waals surface area contributed by atoms with Crippen LogP contribution in [0.5, 0.6) is 5.75 Å². The number of urea groups is 1. The lowest BCUT2D eigenvalue weighted by molar-refractivity contribution is -0.118. The average Bonchev–Trinajstić information content (AvgIpc) is 2.90. The zero-order valence-corrected chi connectivity index (χ0v) is 13.7. The first-order valence-electron chi connectivity index (χ1n) is 7.51. The number of nitrogens with one attached hydrogen (secondary N) is 3. The fourth-order valence-electron chi connectivity index (χ4n) is 2.19. The van der Waals surface area contributed by atoms with Crippen LogP contribution in [-0.4, -0.2) is 45.6 Å². The summed E-state index contributed by atoms with van der Waals surface area (Å²) in [6.45, 7) is 2.12. The van der Waals surface area contributed by atoms with E-state index in [1.54, 1.807) is 14.0 Å². The van der Waals surface area contributed by atoms with Gasteiger partial charge in [0.1, 0.15) is 18.1 Å². The Morgan fingerprint density at radius 3 is 2.52 bits per heavy atom. The molecule has 0 atom stereocenters. The van der Waals surface area contributed by atoms with Gasteiger partial charge in [0.2, 0.25) is 17.8 Å². The van der Waals surface area contributed by atoms with Crippen LogP contribution in [0.2, 0.25) is 0 Å². The first-order valence-corrected chi connectivity index (χ1v) is 7.51. The van der Waals surface area contributed by atoms with Gasteiger partial charge in [-0.15, -0.1) is 0 Å². The lowest BCUT2D eigenvalue weighted by Crippen LogP contribution is -2.34. The van der Waals surface area contributed by atoms with Crippen molar-refractivity contribution >= 4 is 23.8 Å². The quantitative estimate of drug-likeness (QED) is 0.655. The second kappa shape index (κ2) is 6.99. The van der Waals surface area contributed by atoms with Crippen LogP contribution in [0.1, 0.15) is 11.4 Å². The zero-order chi connectivity index (χ0) is 17.8. The van der Waals surface area contributed by atoms with Gasteiger partial charge in [0.25, 0.3) is 0 Å². The molecule has 1 fully saturated rings. The van der Waals surface area contributed by atoms with Gasteiger partial charge in [-0.2, -0.15) is 15.0 Å². The number of anilines is 2. The number of methoxy groups -OCH3 is 1. The fraction of sp³-hybridized carbons (Fsp3) is 0.267. The molecule has 0 saturated carbocycles.